The molecule has 0 fully saturated rings. The number of fused-ring (bicyclic) bond motifs is 3. The monoisotopic (exact) mass is 586 g/mol. The third-order valence-corrected chi connectivity index (χ3v) is 8.19. The second-order valence-corrected chi connectivity index (χ2v) is 11.3. The maximum Gasteiger partial charge on any atom is 0.0216 e. The van der Waals surface area contributed by atoms with Crippen molar-refractivity contribution in [3.63, 3.8) is 0 Å². The number of hydrogen-bond acceptors (Lipinski definition) is 0. The fourth-order valence-corrected chi connectivity index (χ4v) is 6.24. The summed E-state index contributed by atoms with van der Waals surface area (Å²) in [6, 6.07) is 14.0. The summed E-state index contributed by atoms with van der Waals surface area (Å²) in [4.78, 5) is 0. The Morgan fingerprint density at radius 2 is 0.938 bits per heavy atom. The molecule has 0 atom stereocenters. The Balaban J connectivity index is 0.00000363. The van der Waals surface area contributed by atoms with Crippen LogP contribution in [0, 0.1) is 37.7 Å². The van der Waals surface area contributed by atoms with E-state index in [2.05, 4.69) is 82.1 Å². The van der Waals surface area contributed by atoms with Crippen LogP contribution < -0.4 is 0 Å². The third kappa shape index (κ3) is 7.33. The number of hydrogen-bond donors (Lipinski definition) is 0. The predicted octanol–water partition coefficient (Wildman–Crippen LogP) is 11.0. The summed E-state index contributed by atoms with van der Waals surface area (Å²) in [6.07, 6.45) is 18.9. The number of unbranched alkanes of at least 4 members (excludes halogenated alkanes) is 10. The predicted molar refractivity (Wildman–Crippen MR) is 144 cm³/mol. The zero-order valence-corrected chi connectivity index (χ0v) is 23.9. The van der Waals surface area contributed by atoms with E-state index >= 15 is 0 Å². The van der Waals surface area contributed by atoms with Crippen LogP contribution in [-0.4, -0.2) is 0 Å². The minimum absolute atomic E-state index is 0. The Bertz CT molecular complexity index is 760. The number of rotatable bonds is 14. The SMILES string of the molecule is CCCCCCCCC1(CCCCCCCC)c2cc(Br)ccc2-c2ccc(Br)cc21.[Ar]. The van der Waals surface area contributed by atoms with Crippen molar-refractivity contribution in [1.82, 2.24) is 0 Å². The van der Waals surface area contributed by atoms with E-state index in [-0.39, 0.29) is 43.2 Å². The molecule has 0 heterocycles. The van der Waals surface area contributed by atoms with Crippen LogP contribution in [0.25, 0.3) is 11.1 Å². The average Bonchev–Trinajstić information content (AvgIpc) is 3.02. The minimum atomic E-state index is 0. The molecule has 0 bridgehead atoms. The van der Waals surface area contributed by atoms with Gasteiger partial charge in [0.05, 0.1) is 0 Å². The first kappa shape index (κ1) is 28.9. The van der Waals surface area contributed by atoms with Gasteiger partial charge in [-0.25, -0.2) is 0 Å². The van der Waals surface area contributed by atoms with Crippen LogP contribution in [0.4, 0.5) is 0 Å². The van der Waals surface area contributed by atoms with Gasteiger partial charge >= 0.3 is 0 Å². The van der Waals surface area contributed by atoms with Gasteiger partial charge in [0.2, 0.25) is 0 Å². The molecule has 0 aromatic heterocycles. The molecule has 3 heteroatoms. The average molecular weight is 588 g/mol. The van der Waals surface area contributed by atoms with Crippen LogP contribution in [-0.2, 0) is 5.41 Å². The van der Waals surface area contributed by atoms with E-state index in [0.29, 0.717) is 0 Å². The van der Waals surface area contributed by atoms with Crippen molar-refractivity contribution in [3.8, 4) is 11.1 Å². The maximum atomic E-state index is 3.79. The van der Waals surface area contributed by atoms with Crippen molar-refractivity contribution in [2.45, 2.75) is 109 Å². The van der Waals surface area contributed by atoms with Crippen LogP contribution in [0.15, 0.2) is 45.3 Å². The molecule has 0 aliphatic heterocycles. The molecule has 0 radical (unpaired) electrons. The Morgan fingerprint density at radius 1 is 0.562 bits per heavy atom. The molecule has 178 valence electrons. The van der Waals surface area contributed by atoms with Gasteiger partial charge in [0, 0.05) is 52.1 Å². The summed E-state index contributed by atoms with van der Waals surface area (Å²) in [5, 5.41) is 0. The van der Waals surface area contributed by atoms with Gasteiger partial charge in [-0.05, 0) is 59.4 Å². The van der Waals surface area contributed by atoms with Gasteiger partial charge in [0.25, 0.3) is 0 Å². The summed E-state index contributed by atoms with van der Waals surface area (Å²) < 4.78 is 2.43. The molecular formula is C29H40ArBr2. The van der Waals surface area contributed by atoms with Crippen LogP contribution in [0.2, 0.25) is 0 Å². The normalized spacial score (nSPS) is 13.5. The van der Waals surface area contributed by atoms with Crippen molar-refractivity contribution >= 4 is 31.9 Å². The molecule has 1 aliphatic carbocycles. The standard InChI is InChI=1S/C29H40Br2.Ar/c1-3-5-7-9-11-13-19-29(20-14-12-10-8-6-4-2)27-21-23(30)15-17-25(27)26-18-16-24(31)22-28(26)29;/h15-18,21-22H,3-14,19-20H2,1-2H3;. The summed E-state index contributed by atoms with van der Waals surface area (Å²) in [7, 11) is 0. The zero-order chi connectivity index (χ0) is 22.1. The molecule has 1 aliphatic rings. The first-order valence-electron chi connectivity index (χ1n) is 12.7. The van der Waals surface area contributed by atoms with Crippen LogP contribution in [0.1, 0.15) is 115 Å². The van der Waals surface area contributed by atoms with Crippen LogP contribution >= 0.6 is 31.9 Å². The molecule has 3 rings (SSSR count). The Labute approximate surface area is 244 Å². The number of benzene rings is 2. The molecular weight excluding hydrogens is 548 g/mol. The van der Waals surface area contributed by atoms with E-state index in [1.807, 2.05) is 0 Å². The molecule has 0 spiro atoms. The molecule has 0 saturated heterocycles. The first-order chi connectivity index (χ1) is 15.1. The molecule has 0 amide bonds. The first-order valence-corrected chi connectivity index (χ1v) is 14.3. The molecule has 0 nitrogen and oxygen atoms in total. The summed E-state index contributed by atoms with van der Waals surface area (Å²) in [5.41, 5.74) is 6.23. The van der Waals surface area contributed by atoms with Crippen LogP contribution in [0.5, 0.6) is 0 Å². The molecule has 0 unspecified atom stereocenters. The van der Waals surface area contributed by atoms with Crippen molar-refractivity contribution < 1.29 is 37.7 Å². The quantitative estimate of drug-likeness (QED) is 0.193. The largest absolute Gasteiger partial charge is 0.0654 e. The van der Waals surface area contributed by atoms with E-state index in [0.717, 1.165) is 0 Å². The second-order valence-electron chi connectivity index (χ2n) is 9.50. The molecule has 32 heavy (non-hydrogen) atoms. The van der Waals surface area contributed by atoms with E-state index in [4.69, 9.17) is 0 Å². The summed E-state index contributed by atoms with van der Waals surface area (Å²) in [5.74, 6) is 0. The maximum absolute atomic E-state index is 3.79. The minimum Gasteiger partial charge on any atom is -0.0654 e. The van der Waals surface area contributed by atoms with Crippen molar-refractivity contribution in [1.29, 1.82) is 0 Å². The Hall–Kier alpha value is 0.660. The smallest absolute Gasteiger partial charge is 0.0216 e. The Morgan fingerprint density at radius 3 is 1.34 bits per heavy atom. The molecule has 0 saturated carbocycles. The zero-order valence-electron chi connectivity index (χ0n) is 20.0. The van der Waals surface area contributed by atoms with E-state index in [1.54, 1.807) is 11.1 Å². The topological polar surface area (TPSA) is 0 Å². The van der Waals surface area contributed by atoms with Gasteiger partial charge in [0.1, 0.15) is 0 Å². The second kappa shape index (κ2) is 14.9. The van der Waals surface area contributed by atoms with Crippen molar-refractivity contribution in [2.24, 2.45) is 0 Å². The molecule has 2 aromatic rings. The molecule has 2 aromatic carbocycles. The summed E-state index contributed by atoms with van der Waals surface area (Å²) in [6.45, 7) is 4.61. The van der Waals surface area contributed by atoms with Gasteiger partial charge in [-0.1, -0.05) is 135 Å². The third-order valence-electron chi connectivity index (χ3n) is 7.20. The fourth-order valence-electron chi connectivity index (χ4n) is 5.52. The summed E-state index contributed by atoms with van der Waals surface area (Å²) >= 11 is 7.57. The van der Waals surface area contributed by atoms with E-state index < -0.39 is 0 Å². The van der Waals surface area contributed by atoms with Gasteiger partial charge in [-0.15, -0.1) is 0 Å². The fraction of sp³-hybridized carbons (Fsp3) is 0.586. The van der Waals surface area contributed by atoms with E-state index in [1.165, 1.54) is 110 Å². The number of halogens is 2. The van der Waals surface area contributed by atoms with Crippen LogP contribution in [0.3, 0.4) is 0 Å². The van der Waals surface area contributed by atoms with Gasteiger partial charge in [0.15, 0.2) is 0 Å². The van der Waals surface area contributed by atoms with Gasteiger partial charge in [-0.2, -0.15) is 0 Å². The van der Waals surface area contributed by atoms with Crippen molar-refractivity contribution in [3.05, 3.63) is 56.5 Å². The van der Waals surface area contributed by atoms with Gasteiger partial charge < -0.3 is 0 Å². The molecule has 0 N–H and O–H groups in total. The Kier molecular flexibility index (Phi) is 13.5. The van der Waals surface area contributed by atoms with Gasteiger partial charge in [-0.3, -0.25) is 0 Å². The van der Waals surface area contributed by atoms with Crippen molar-refractivity contribution in [2.75, 3.05) is 0 Å². The van der Waals surface area contributed by atoms with E-state index in [9.17, 15) is 0 Å².